The average Bonchev–Trinajstić information content (AvgIpc) is 3.14. The molecule has 0 unspecified atom stereocenters. The van der Waals surface area contributed by atoms with E-state index in [1.165, 1.54) is 18.9 Å². The third-order valence-electron chi connectivity index (χ3n) is 3.66. The molecule has 0 radical (unpaired) electrons. The summed E-state index contributed by atoms with van der Waals surface area (Å²) in [4.78, 5) is 0. The zero-order chi connectivity index (χ0) is 14.3. The molecule has 1 aromatic carbocycles. The fraction of sp³-hybridized carbons (Fsp3) is 0.500. The molecule has 1 fully saturated rings. The van der Waals surface area contributed by atoms with E-state index in [0.717, 1.165) is 22.2 Å². The topological polar surface area (TPSA) is 25.2 Å². The highest BCUT2D eigenvalue weighted by Gasteiger charge is 2.24. The van der Waals surface area contributed by atoms with Crippen LogP contribution in [0.15, 0.2) is 21.0 Å². The first-order chi connectivity index (χ1) is 9.56. The van der Waals surface area contributed by atoms with Crippen LogP contribution in [0.25, 0.3) is 11.0 Å². The van der Waals surface area contributed by atoms with Crippen LogP contribution < -0.4 is 5.32 Å². The maximum Gasteiger partial charge on any atom is 0.151 e. The molecular formula is C16H19BrFNO. The van der Waals surface area contributed by atoms with Crippen molar-refractivity contribution in [1.29, 1.82) is 0 Å². The van der Waals surface area contributed by atoms with Gasteiger partial charge in [-0.05, 0) is 53.2 Å². The van der Waals surface area contributed by atoms with Crippen LogP contribution in [0.5, 0.6) is 0 Å². The zero-order valence-corrected chi connectivity index (χ0v) is 13.4. The smallest absolute Gasteiger partial charge is 0.151 e. The highest BCUT2D eigenvalue weighted by molar-refractivity contribution is 9.10. The number of halogens is 2. The summed E-state index contributed by atoms with van der Waals surface area (Å²) < 4.78 is 21.0. The van der Waals surface area contributed by atoms with Gasteiger partial charge in [0.1, 0.15) is 11.6 Å². The van der Waals surface area contributed by atoms with Gasteiger partial charge >= 0.3 is 0 Å². The standard InChI is InChI=1S/C16H19BrFNO/c1-9(2)7-11-14(8-19-10-3-4-10)20-16-12(17)5-6-13(18)15(11)16/h5-6,9-10,19H,3-4,7-8H2,1-2H3. The fourth-order valence-corrected chi connectivity index (χ4v) is 2.94. The second kappa shape index (κ2) is 5.49. The molecule has 0 aliphatic heterocycles. The van der Waals surface area contributed by atoms with Crippen molar-refractivity contribution in [3.63, 3.8) is 0 Å². The van der Waals surface area contributed by atoms with Crippen molar-refractivity contribution >= 4 is 26.9 Å². The summed E-state index contributed by atoms with van der Waals surface area (Å²) in [7, 11) is 0. The Hall–Kier alpha value is -0.870. The lowest BCUT2D eigenvalue weighted by molar-refractivity contribution is 0.499. The van der Waals surface area contributed by atoms with Crippen molar-refractivity contribution in [3.8, 4) is 0 Å². The first kappa shape index (κ1) is 14.1. The molecule has 3 rings (SSSR count). The second-order valence-corrected chi connectivity index (χ2v) is 6.84. The van der Waals surface area contributed by atoms with Crippen LogP contribution in [-0.2, 0) is 13.0 Å². The van der Waals surface area contributed by atoms with E-state index in [0.29, 0.717) is 29.5 Å². The van der Waals surface area contributed by atoms with Crippen LogP contribution >= 0.6 is 15.9 Å². The van der Waals surface area contributed by atoms with Crippen LogP contribution in [0.4, 0.5) is 4.39 Å². The number of hydrogen-bond donors (Lipinski definition) is 1. The number of furan rings is 1. The summed E-state index contributed by atoms with van der Waals surface area (Å²) in [6.07, 6.45) is 3.30. The van der Waals surface area contributed by atoms with Crippen LogP contribution in [0.3, 0.4) is 0 Å². The van der Waals surface area contributed by atoms with E-state index >= 15 is 0 Å². The van der Waals surface area contributed by atoms with E-state index in [4.69, 9.17) is 4.42 Å². The first-order valence-corrected chi connectivity index (χ1v) is 7.97. The van der Waals surface area contributed by atoms with Crippen LogP contribution in [-0.4, -0.2) is 6.04 Å². The largest absolute Gasteiger partial charge is 0.458 e. The Balaban J connectivity index is 2.05. The molecule has 2 nitrogen and oxygen atoms in total. The summed E-state index contributed by atoms with van der Waals surface area (Å²) in [5.41, 5.74) is 1.65. The number of benzene rings is 1. The van der Waals surface area contributed by atoms with Gasteiger partial charge in [0.05, 0.1) is 16.4 Å². The number of hydrogen-bond acceptors (Lipinski definition) is 2. The van der Waals surface area contributed by atoms with Crippen molar-refractivity contribution in [2.75, 3.05) is 0 Å². The molecule has 1 heterocycles. The molecule has 108 valence electrons. The summed E-state index contributed by atoms with van der Waals surface area (Å²) in [6, 6.07) is 3.82. The molecule has 1 aromatic heterocycles. The van der Waals surface area contributed by atoms with Gasteiger partial charge in [0.25, 0.3) is 0 Å². The lowest BCUT2D eigenvalue weighted by Crippen LogP contribution is -2.16. The second-order valence-electron chi connectivity index (χ2n) is 5.99. The minimum Gasteiger partial charge on any atom is -0.458 e. The van der Waals surface area contributed by atoms with E-state index in [1.807, 2.05) is 0 Å². The molecule has 1 aliphatic carbocycles. The Morgan fingerprint density at radius 3 is 2.80 bits per heavy atom. The van der Waals surface area contributed by atoms with E-state index in [-0.39, 0.29) is 5.82 Å². The minimum atomic E-state index is -0.194. The van der Waals surface area contributed by atoms with Gasteiger partial charge in [-0.2, -0.15) is 0 Å². The maximum atomic E-state index is 14.2. The average molecular weight is 340 g/mol. The predicted octanol–water partition coefficient (Wildman–Crippen LogP) is 4.78. The monoisotopic (exact) mass is 339 g/mol. The predicted molar refractivity (Wildman–Crippen MR) is 82.3 cm³/mol. The van der Waals surface area contributed by atoms with Crippen molar-refractivity contribution < 1.29 is 8.81 Å². The SMILES string of the molecule is CC(C)Cc1c(CNC2CC2)oc2c(Br)ccc(F)c12. The van der Waals surface area contributed by atoms with E-state index in [1.54, 1.807) is 6.07 Å². The normalized spacial score (nSPS) is 15.4. The summed E-state index contributed by atoms with van der Waals surface area (Å²) >= 11 is 3.46. The van der Waals surface area contributed by atoms with Crippen molar-refractivity contribution in [2.45, 2.75) is 45.7 Å². The van der Waals surface area contributed by atoms with Crippen molar-refractivity contribution in [3.05, 3.63) is 33.7 Å². The highest BCUT2D eigenvalue weighted by Crippen LogP contribution is 2.35. The summed E-state index contributed by atoms with van der Waals surface area (Å²) in [6.45, 7) is 4.98. The molecule has 0 spiro atoms. The van der Waals surface area contributed by atoms with Crippen molar-refractivity contribution in [2.24, 2.45) is 5.92 Å². The first-order valence-electron chi connectivity index (χ1n) is 7.18. The van der Waals surface area contributed by atoms with Crippen LogP contribution in [0.2, 0.25) is 0 Å². The molecule has 0 atom stereocenters. The maximum absolute atomic E-state index is 14.2. The Morgan fingerprint density at radius 1 is 1.40 bits per heavy atom. The Bertz CT molecular complexity index is 631. The van der Waals surface area contributed by atoms with Gasteiger partial charge in [-0.1, -0.05) is 13.8 Å². The molecule has 0 amide bonds. The molecule has 0 saturated heterocycles. The zero-order valence-electron chi connectivity index (χ0n) is 11.8. The highest BCUT2D eigenvalue weighted by atomic mass is 79.9. The van der Waals surface area contributed by atoms with Gasteiger partial charge in [-0.3, -0.25) is 0 Å². The fourth-order valence-electron chi connectivity index (χ4n) is 2.53. The minimum absolute atomic E-state index is 0.194. The quantitative estimate of drug-likeness (QED) is 0.847. The molecule has 1 aliphatic rings. The number of rotatable bonds is 5. The van der Waals surface area contributed by atoms with Gasteiger partial charge in [0.15, 0.2) is 5.58 Å². The Kier molecular flexibility index (Phi) is 3.87. The molecule has 20 heavy (non-hydrogen) atoms. The van der Waals surface area contributed by atoms with Crippen LogP contribution in [0.1, 0.15) is 38.0 Å². The van der Waals surface area contributed by atoms with Gasteiger partial charge in [0.2, 0.25) is 0 Å². The lowest BCUT2D eigenvalue weighted by Gasteiger charge is -2.07. The Morgan fingerprint density at radius 2 is 2.15 bits per heavy atom. The van der Waals surface area contributed by atoms with E-state index in [2.05, 4.69) is 35.1 Å². The van der Waals surface area contributed by atoms with Gasteiger partial charge in [0, 0.05) is 11.6 Å². The lowest BCUT2D eigenvalue weighted by atomic mass is 9.99. The molecular weight excluding hydrogens is 321 g/mol. The molecule has 2 aromatic rings. The summed E-state index contributed by atoms with van der Waals surface area (Å²) in [5, 5.41) is 4.09. The molecule has 1 saturated carbocycles. The third-order valence-corrected chi connectivity index (χ3v) is 4.29. The number of fused-ring (bicyclic) bond motifs is 1. The van der Waals surface area contributed by atoms with Gasteiger partial charge < -0.3 is 9.73 Å². The molecule has 1 N–H and O–H groups in total. The van der Waals surface area contributed by atoms with Gasteiger partial charge in [-0.15, -0.1) is 0 Å². The molecule has 4 heteroatoms. The number of nitrogens with one attached hydrogen (secondary N) is 1. The third kappa shape index (κ3) is 2.77. The van der Waals surface area contributed by atoms with Crippen LogP contribution in [0, 0.1) is 11.7 Å². The van der Waals surface area contributed by atoms with E-state index < -0.39 is 0 Å². The molecule has 0 bridgehead atoms. The van der Waals surface area contributed by atoms with Crippen molar-refractivity contribution in [1.82, 2.24) is 5.32 Å². The van der Waals surface area contributed by atoms with Gasteiger partial charge in [-0.25, -0.2) is 4.39 Å². The van der Waals surface area contributed by atoms with E-state index in [9.17, 15) is 4.39 Å². The summed E-state index contributed by atoms with van der Waals surface area (Å²) in [5.74, 6) is 1.15. The Labute approximate surface area is 126 Å².